The molecule has 0 spiro atoms. The van der Waals surface area contributed by atoms with Crippen LogP contribution >= 0.6 is 0 Å². The van der Waals surface area contributed by atoms with E-state index < -0.39 is 0 Å². The van der Waals surface area contributed by atoms with E-state index in [0.29, 0.717) is 12.5 Å². The number of benzene rings is 1. The van der Waals surface area contributed by atoms with Gasteiger partial charge >= 0.3 is 0 Å². The van der Waals surface area contributed by atoms with Crippen LogP contribution in [0.25, 0.3) is 0 Å². The van der Waals surface area contributed by atoms with Crippen LogP contribution in [0.5, 0.6) is 11.5 Å². The largest absolute Gasteiger partial charge is 0.454 e. The molecule has 90 valence electrons. The number of rotatable bonds is 3. The molecule has 0 aromatic heterocycles. The Bertz CT molecular complexity index is 458. The van der Waals surface area contributed by atoms with Gasteiger partial charge in [0.25, 0.3) is 0 Å². The van der Waals surface area contributed by atoms with Gasteiger partial charge in [0, 0.05) is 12.5 Å². The Morgan fingerprint density at radius 3 is 2.94 bits per heavy atom. The molecule has 1 aliphatic carbocycles. The smallest absolute Gasteiger partial charge is 0.231 e. The third kappa shape index (κ3) is 2.07. The Balaban J connectivity index is 1.60. The summed E-state index contributed by atoms with van der Waals surface area (Å²) in [6.45, 7) is 2.94. The Labute approximate surface area is 99.9 Å². The number of amides is 1. The van der Waals surface area contributed by atoms with Crippen LogP contribution in [0.4, 0.5) is 0 Å². The van der Waals surface area contributed by atoms with Crippen LogP contribution in [-0.2, 0) is 11.3 Å². The Kier molecular flexibility index (Phi) is 2.42. The monoisotopic (exact) mass is 233 g/mol. The summed E-state index contributed by atoms with van der Waals surface area (Å²) in [5, 5.41) is 2.95. The highest BCUT2D eigenvalue weighted by atomic mass is 16.7. The number of ether oxygens (including phenoxy) is 2. The third-order valence-electron chi connectivity index (χ3n) is 3.35. The molecule has 17 heavy (non-hydrogen) atoms. The van der Waals surface area contributed by atoms with Gasteiger partial charge < -0.3 is 14.8 Å². The van der Waals surface area contributed by atoms with Crippen molar-refractivity contribution in [2.24, 2.45) is 11.8 Å². The number of hydrogen-bond donors (Lipinski definition) is 1. The van der Waals surface area contributed by atoms with E-state index in [1.807, 2.05) is 18.2 Å². The molecule has 1 heterocycles. The van der Waals surface area contributed by atoms with Gasteiger partial charge in [-0.25, -0.2) is 0 Å². The number of nitrogens with one attached hydrogen (secondary N) is 1. The van der Waals surface area contributed by atoms with Crippen molar-refractivity contribution < 1.29 is 14.3 Å². The summed E-state index contributed by atoms with van der Waals surface area (Å²) in [4.78, 5) is 11.7. The van der Waals surface area contributed by atoms with E-state index >= 15 is 0 Å². The minimum Gasteiger partial charge on any atom is -0.454 e. The summed E-state index contributed by atoms with van der Waals surface area (Å²) in [6.07, 6.45) is 1.02. The van der Waals surface area contributed by atoms with E-state index in [4.69, 9.17) is 9.47 Å². The van der Waals surface area contributed by atoms with Crippen LogP contribution in [0.15, 0.2) is 18.2 Å². The minimum atomic E-state index is 0.162. The van der Waals surface area contributed by atoms with Crippen LogP contribution in [0.2, 0.25) is 0 Å². The molecule has 0 unspecified atom stereocenters. The second kappa shape index (κ2) is 3.95. The summed E-state index contributed by atoms with van der Waals surface area (Å²) in [5.41, 5.74) is 1.04. The molecule has 1 saturated carbocycles. The minimum absolute atomic E-state index is 0.162. The van der Waals surface area contributed by atoms with Gasteiger partial charge in [-0.2, -0.15) is 0 Å². The van der Waals surface area contributed by atoms with E-state index in [2.05, 4.69) is 12.2 Å². The number of carbonyl (C=O) groups is 1. The fourth-order valence-electron chi connectivity index (χ4n) is 2.06. The molecule has 1 N–H and O–H groups in total. The molecule has 1 aromatic carbocycles. The van der Waals surface area contributed by atoms with Crippen LogP contribution in [0.1, 0.15) is 18.9 Å². The molecule has 4 nitrogen and oxygen atoms in total. The lowest BCUT2D eigenvalue weighted by Crippen LogP contribution is -2.24. The van der Waals surface area contributed by atoms with Gasteiger partial charge in [0.2, 0.25) is 12.7 Å². The lowest BCUT2D eigenvalue weighted by atomic mass is 10.2. The van der Waals surface area contributed by atoms with E-state index in [1.54, 1.807) is 0 Å². The van der Waals surface area contributed by atoms with Gasteiger partial charge in [-0.1, -0.05) is 13.0 Å². The molecule has 0 radical (unpaired) electrons. The van der Waals surface area contributed by atoms with Crippen molar-refractivity contribution in [1.82, 2.24) is 5.32 Å². The van der Waals surface area contributed by atoms with Crippen LogP contribution < -0.4 is 14.8 Å². The maximum atomic E-state index is 11.7. The molecule has 4 heteroatoms. The van der Waals surface area contributed by atoms with Gasteiger partial charge in [0.15, 0.2) is 11.5 Å². The average Bonchev–Trinajstić information content (AvgIpc) is 2.90. The van der Waals surface area contributed by atoms with Crippen molar-refractivity contribution in [2.45, 2.75) is 19.9 Å². The van der Waals surface area contributed by atoms with E-state index in [9.17, 15) is 4.79 Å². The molecular weight excluding hydrogens is 218 g/mol. The number of fused-ring (bicyclic) bond motifs is 1. The highest BCUT2D eigenvalue weighted by Gasteiger charge is 2.38. The Morgan fingerprint density at radius 2 is 2.18 bits per heavy atom. The van der Waals surface area contributed by atoms with Crippen molar-refractivity contribution in [3.8, 4) is 11.5 Å². The van der Waals surface area contributed by atoms with E-state index in [1.165, 1.54) is 0 Å². The van der Waals surface area contributed by atoms with Gasteiger partial charge in [0.1, 0.15) is 0 Å². The average molecular weight is 233 g/mol. The number of carbonyl (C=O) groups excluding carboxylic acids is 1. The highest BCUT2D eigenvalue weighted by molar-refractivity contribution is 5.81. The summed E-state index contributed by atoms with van der Waals surface area (Å²) < 4.78 is 10.5. The lowest BCUT2D eigenvalue weighted by Gasteiger charge is -2.05. The maximum Gasteiger partial charge on any atom is 0.231 e. The first-order valence-corrected chi connectivity index (χ1v) is 5.90. The first kappa shape index (κ1) is 10.4. The summed E-state index contributed by atoms with van der Waals surface area (Å²) in [5.74, 6) is 2.47. The molecule has 3 rings (SSSR count). The van der Waals surface area contributed by atoms with Gasteiger partial charge in [-0.15, -0.1) is 0 Å². The molecule has 1 aromatic rings. The fraction of sp³-hybridized carbons (Fsp3) is 0.462. The maximum absolute atomic E-state index is 11.7. The van der Waals surface area contributed by atoms with Crippen LogP contribution in [0.3, 0.4) is 0 Å². The summed E-state index contributed by atoms with van der Waals surface area (Å²) in [6, 6.07) is 5.74. The Morgan fingerprint density at radius 1 is 1.41 bits per heavy atom. The van der Waals surface area contributed by atoms with Crippen molar-refractivity contribution in [2.75, 3.05) is 6.79 Å². The van der Waals surface area contributed by atoms with Crippen molar-refractivity contribution >= 4 is 5.91 Å². The zero-order valence-corrected chi connectivity index (χ0v) is 9.73. The molecule has 1 aliphatic heterocycles. The number of hydrogen-bond acceptors (Lipinski definition) is 3. The third-order valence-corrected chi connectivity index (χ3v) is 3.35. The SMILES string of the molecule is C[C@H]1C[C@H]1C(=O)NCc1ccc2c(c1)OCO2. The topological polar surface area (TPSA) is 47.6 Å². The van der Waals surface area contributed by atoms with Gasteiger partial charge in [-0.3, -0.25) is 4.79 Å². The standard InChI is InChI=1S/C13H15NO3/c1-8-4-10(8)13(15)14-6-9-2-3-11-12(5-9)17-7-16-11/h2-3,5,8,10H,4,6-7H2,1H3,(H,14,15)/t8-,10+/m0/s1. The predicted molar refractivity (Wildman–Crippen MR) is 61.7 cm³/mol. The lowest BCUT2D eigenvalue weighted by molar-refractivity contribution is -0.122. The van der Waals surface area contributed by atoms with Crippen LogP contribution in [0, 0.1) is 11.8 Å². The Hall–Kier alpha value is -1.71. The zero-order valence-electron chi connectivity index (χ0n) is 9.73. The first-order chi connectivity index (χ1) is 8.24. The second-order valence-corrected chi connectivity index (χ2v) is 4.72. The highest BCUT2D eigenvalue weighted by Crippen LogP contribution is 2.37. The normalized spacial score (nSPS) is 24.5. The molecule has 1 amide bonds. The predicted octanol–water partition coefficient (Wildman–Crippen LogP) is 1.69. The second-order valence-electron chi connectivity index (χ2n) is 4.72. The summed E-state index contributed by atoms with van der Waals surface area (Å²) >= 11 is 0. The summed E-state index contributed by atoms with van der Waals surface area (Å²) in [7, 11) is 0. The van der Waals surface area contributed by atoms with Crippen molar-refractivity contribution in [3.63, 3.8) is 0 Å². The molecule has 2 atom stereocenters. The molecule has 2 aliphatic rings. The fourth-order valence-corrected chi connectivity index (χ4v) is 2.06. The van der Waals surface area contributed by atoms with Crippen molar-refractivity contribution in [1.29, 1.82) is 0 Å². The molecule has 1 fully saturated rings. The molecular formula is C13H15NO3. The van der Waals surface area contributed by atoms with E-state index in [0.717, 1.165) is 23.5 Å². The molecule has 0 saturated heterocycles. The van der Waals surface area contributed by atoms with Crippen molar-refractivity contribution in [3.05, 3.63) is 23.8 Å². The zero-order chi connectivity index (χ0) is 11.8. The van der Waals surface area contributed by atoms with E-state index in [-0.39, 0.29) is 18.6 Å². The first-order valence-electron chi connectivity index (χ1n) is 5.90. The quantitative estimate of drug-likeness (QED) is 0.864. The van der Waals surface area contributed by atoms with Gasteiger partial charge in [0.05, 0.1) is 0 Å². The molecule has 0 bridgehead atoms. The van der Waals surface area contributed by atoms with Crippen LogP contribution in [-0.4, -0.2) is 12.7 Å². The van der Waals surface area contributed by atoms with Gasteiger partial charge in [-0.05, 0) is 30.0 Å².